The number of hydrogen-bond acceptors (Lipinski definition) is 3. The third-order valence-electron chi connectivity index (χ3n) is 2.68. The summed E-state index contributed by atoms with van der Waals surface area (Å²) in [7, 11) is 1.51. The third kappa shape index (κ3) is 3.00. The van der Waals surface area contributed by atoms with Crippen molar-refractivity contribution in [3.05, 3.63) is 52.8 Å². The van der Waals surface area contributed by atoms with Gasteiger partial charge in [-0.05, 0) is 30.3 Å². The smallest absolute Gasteiger partial charge is 0.255 e. The Bertz CT molecular complexity index is 662. The molecule has 4 nitrogen and oxygen atoms in total. The molecule has 2 rings (SSSR count). The minimum atomic E-state index is -0.569. The molecule has 0 aliphatic rings. The largest absolute Gasteiger partial charge is 0.497 e. The lowest BCUT2D eigenvalue weighted by Gasteiger charge is -2.09. The SMILES string of the molecule is COc1ccc(Cl)c(NC(=O)c2ccc(F)c(N)c2)c1. The van der Waals surface area contributed by atoms with Gasteiger partial charge in [0.2, 0.25) is 0 Å². The lowest BCUT2D eigenvalue weighted by atomic mass is 10.1. The topological polar surface area (TPSA) is 64.3 Å². The van der Waals surface area contributed by atoms with Crippen molar-refractivity contribution in [2.24, 2.45) is 0 Å². The Morgan fingerprint density at radius 1 is 1.30 bits per heavy atom. The number of halogens is 2. The number of benzene rings is 2. The van der Waals surface area contributed by atoms with Crippen LogP contribution in [-0.2, 0) is 0 Å². The summed E-state index contributed by atoms with van der Waals surface area (Å²) in [6.07, 6.45) is 0. The minimum absolute atomic E-state index is 0.0885. The van der Waals surface area contributed by atoms with Crippen LogP contribution in [0.15, 0.2) is 36.4 Å². The number of nitrogens with two attached hydrogens (primary N) is 1. The molecule has 0 atom stereocenters. The van der Waals surface area contributed by atoms with E-state index in [9.17, 15) is 9.18 Å². The quantitative estimate of drug-likeness (QED) is 0.854. The normalized spacial score (nSPS) is 10.2. The predicted octanol–water partition coefficient (Wildman–Crippen LogP) is 3.32. The van der Waals surface area contributed by atoms with Gasteiger partial charge < -0.3 is 15.8 Å². The summed E-state index contributed by atoms with van der Waals surface area (Å²) in [6.45, 7) is 0. The Morgan fingerprint density at radius 3 is 2.70 bits per heavy atom. The Labute approximate surface area is 120 Å². The van der Waals surface area contributed by atoms with Crippen LogP contribution >= 0.6 is 11.6 Å². The van der Waals surface area contributed by atoms with Crippen LogP contribution in [0.1, 0.15) is 10.4 Å². The zero-order chi connectivity index (χ0) is 14.7. The Balaban J connectivity index is 2.25. The van der Waals surface area contributed by atoms with Gasteiger partial charge in [0.25, 0.3) is 5.91 Å². The number of ether oxygens (including phenoxy) is 1. The molecule has 0 aromatic heterocycles. The van der Waals surface area contributed by atoms with Crippen LogP contribution in [0.2, 0.25) is 5.02 Å². The molecule has 0 bridgehead atoms. The van der Waals surface area contributed by atoms with Crippen molar-refractivity contribution >= 4 is 28.9 Å². The van der Waals surface area contributed by atoms with E-state index < -0.39 is 11.7 Å². The Morgan fingerprint density at radius 2 is 2.05 bits per heavy atom. The van der Waals surface area contributed by atoms with Gasteiger partial charge in [0, 0.05) is 11.6 Å². The van der Waals surface area contributed by atoms with E-state index in [-0.39, 0.29) is 11.3 Å². The van der Waals surface area contributed by atoms with E-state index in [1.54, 1.807) is 18.2 Å². The van der Waals surface area contributed by atoms with Crippen LogP contribution in [0.5, 0.6) is 5.75 Å². The van der Waals surface area contributed by atoms with Gasteiger partial charge in [-0.2, -0.15) is 0 Å². The molecule has 0 unspecified atom stereocenters. The van der Waals surface area contributed by atoms with Crippen molar-refractivity contribution in [3.8, 4) is 5.75 Å². The van der Waals surface area contributed by atoms with Gasteiger partial charge in [-0.3, -0.25) is 4.79 Å². The van der Waals surface area contributed by atoms with E-state index in [0.29, 0.717) is 16.5 Å². The van der Waals surface area contributed by atoms with Gasteiger partial charge in [0.1, 0.15) is 11.6 Å². The van der Waals surface area contributed by atoms with Crippen molar-refractivity contribution in [1.82, 2.24) is 0 Å². The van der Waals surface area contributed by atoms with E-state index in [0.717, 1.165) is 6.07 Å². The predicted molar refractivity (Wildman–Crippen MR) is 76.8 cm³/mol. The first-order chi connectivity index (χ1) is 9.51. The molecule has 0 saturated heterocycles. The number of anilines is 2. The van der Waals surface area contributed by atoms with Crippen molar-refractivity contribution in [3.63, 3.8) is 0 Å². The van der Waals surface area contributed by atoms with Crippen LogP contribution in [0.25, 0.3) is 0 Å². The number of carbonyl (C=O) groups is 1. The third-order valence-corrected chi connectivity index (χ3v) is 3.01. The molecule has 2 aromatic carbocycles. The first-order valence-corrected chi connectivity index (χ1v) is 6.09. The monoisotopic (exact) mass is 294 g/mol. The number of rotatable bonds is 3. The standard InChI is InChI=1S/C14H12ClFN2O2/c1-20-9-3-4-10(15)13(7-9)18-14(19)8-2-5-11(16)12(17)6-8/h2-7H,17H2,1H3,(H,18,19). The molecular formula is C14H12ClFN2O2. The summed E-state index contributed by atoms with van der Waals surface area (Å²) in [5.74, 6) is -0.448. The first-order valence-electron chi connectivity index (χ1n) is 5.71. The molecule has 0 saturated carbocycles. The van der Waals surface area contributed by atoms with E-state index in [1.165, 1.54) is 19.2 Å². The summed E-state index contributed by atoms with van der Waals surface area (Å²) < 4.78 is 18.1. The molecule has 0 radical (unpaired) electrons. The zero-order valence-electron chi connectivity index (χ0n) is 10.6. The maximum absolute atomic E-state index is 13.1. The highest BCUT2D eigenvalue weighted by Gasteiger charge is 2.11. The molecule has 104 valence electrons. The molecule has 0 spiro atoms. The number of nitrogens with one attached hydrogen (secondary N) is 1. The van der Waals surface area contributed by atoms with Gasteiger partial charge in [0.15, 0.2) is 0 Å². The number of carbonyl (C=O) groups excluding carboxylic acids is 1. The van der Waals surface area contributed by atoms with Crippen molar-refractivity contribution in [2.75, 3.05) is 18.2 Å². The highest BCUT2D eigenvalue weighted by molar-refractivity contribution is 6.34. The fourth-order valence-corrected chi connectivity index (χ4v) is 1.77. The Hall–Kier alpha value is -2.27. The molecule has 2 aromatic rings. The fraction of sp³-hybridized carbons (Fsp3) is 0.0714. The van der Waals surface area contributed by atoms with E-state index in [4.69, 9.17) is 22.1 Å². The first kappa shape index (κ1) is 14.1. The number of nitrogen functional groups attached to an aromatic ring is 1. The van der Waals surface area contributed by atoms with Gasteiger partial charge in [-0.25, -0.2) is 4.39 Å². The molecule has 0 aliphatic heterocycles. The maximum atomic E-state index is 13.1. The highest BCUT2D eigenvalue weighted by atomic mass is 35.5. The maximum Gasteiger partial charge on any atom is 0.255 e. The molecule has 1 amide bonds. The van der Waals surface area contributed by atoms with E-state index >= 15 is 0 Å². The summed E-state index contributed by atoms with van der Waals surface area (Å²) in [5.41, 5.74) is 5.98. The average molecular weight is 295 g/mol. The van der Waals surface area contributed by atoms with E-state index in [2.05, 4.69) is 5.32 Å². The number of methoxy groups -OCH3 is 1. The summed E-state index contributed by atoms with van der Waals surface area (Å²) in [4.78, 5) is 12.0. The second kappa shape index (κ2) is 5.79. The summed E-state index contributed by atoms with van der Waals surface area (Å²) in [5, 5.41) is 2.99. The van der Waals surface area contributed by atoms with Crippen molar-refractivity contribution < 1.29 is 13.9 Å². The highest BCUT2D eigenvalue weighted by Crippen LogP contribution is 2.27. The molecule has 0 heterocycles. The van der Waals surface area contributed by atoms with Gasteiger partial charge in [0.05, 0.1) is 23.5 Å². The van der Waals surface area contributed by atoms with Crippen molar-refractivity contribution in [1.29, 1.82) is 0 Å². The van der Waals surface area contributed by atoms with Crippen LogP contribution in [0, 0.1) is 5.82 Å². The van der Waals surface area contributed by atoms with Crippen molar-refractivity contribution in [2.45, 2.75) is 0 Å². The molecule has 3 N–H and O–H groups in total. The number of amides is 1. The van der Waals surface area contributed by atoms with Gasteiger partial charge in [-0.15, -0.1) is 0 Å². The summed E-state index contributed by atoms with van der Waals surface area (Å²) in [6, 6.07) is 8.61. The van der Waals surface area contributed by atoms with Crippen LogP contribution < -0.4 is 15.8 Å². The second-order valence-corrected chi connectivity index (χ2v) is 4.44. The fourth-order valence-electron chi connectivity index (χ4n) is 1.61. The van der Waals surface area contributed by atoms with E-state index in [1.807, 2.05) is 0 Å². The summed E-state index contributed by atoms with van der Waals surface area (Å²) >= 11 is 5.99. The molecule has 20 heavy (non-hydrogen) atoms. The number of hydrogen-bond donors (Lipinski definition) is 2. The molecular weight excluding hydrogens is 283 g/mol. The van der Waals surface area contributed by atoms with Crippen LogP contribution in [0.3, 0.4) is 0 Å². The van der Waals surface area contributed by atoms with Crippen LogP contribution in [0.4, 0.5) is 15.8 Å². The lowest BCUT2D eigenvalue weighted by molar-refractivity contribution is 0.102. The minimum Gasteiger partial charge on any atom is -0.497 e. The Kier molecular flexibility index (Phi) is 4.10. The molecule has 0 aliphatic carbocycles. The molecule has 0 fully saturated rings. The van der Waals surface area contributed by atoms with Gasteiger partial charge in [-0.1, -0.05) is 11.6 Å². The second-order valence-electron chi connectivity index (χ2n) is 4.04. The average Bonchev–Trinajstić information content (AvgIpc) is 2.44. The molecule has 6 heteroatoms. The zero-order valence-corrected chi connectivity index (χ0v) is 11.4. The lowest BCUT2D eigenvalue weighted by Crippen LogP contribution is -2.13. The van der Waals surface area contributed by atoms with Crippen LogP contribution in [-0.4, -0.2) is 13.0 Å². The van der Waals surface area contributed by atoms with Gasteiger partial charge >= 0.3 is 0 Å².